The van der Waals surface area contributed by atoms with E-state index in [0.29, 0.717) is 11.6 Å². The Hall–Kier alpha value is -5.91. The molecule has 4 nitrogen and oxygen atoms in total. The number of furan rings is 1. The summed E-state index contributed by atoms with van der Waals surface area (Å²) in [6.07, 6.45) is 1.67. The molecule has 0 fully saturated rings. The van der Waals surface area contributed by atoms with Crippen molar-refractivity contribution in [2.75, 3.05) is 0 Å². The molecule has 5 heteroatoms. The average molecular weight is 634 g/mol. The second kappa shape index (κ2) is 10.8. The van der Waals surface area contributed by atoms with E-state index in [0.717, 1.165) is 51.9 Å². The Bertz CT molecular complexity index is 2850. The first-order chi connectivity index (χ1) is 23.8. The molecule has 226 valence electrons. The Kier molecular flexibility index (Phi) is 6.14. The number of thiophene rings is 1. The van der Waals surface area contributed by atoms with Crippen LogP contribution in [-0.2, 0) is 0 Å². The number of para-hydroxylation sites is 1. The largest absolute Gasteiger partial charge is 0.456 e. The first-order valence-electron chi connectivity index (χ1n) is 16.2. The van der Waals surface area contributed by atoms with Gasteiger partial charge in [-0.25, -0.2) is 15.0 Å². The van der Waals surface area contributed by atoms with Crippen LogP contribution in [-0.4, -0.2) is 15.0 Å². The molecule has 3 heterocycles. The van der Waals surface area contributed by atoms with Crippen LogP contribution >= 0.6 is 11.3 Å². The number of nitrogens with zero attached hydrogens (tertiary/aromatic N) is 3. The summed E-state index contributed by atoms with van der Waals surface area (Å²) in [6.45, 7) is 0. The van der Waals surface area contributed by atoms with E-state index in [1.165, 1.54) is 47.1 Å². The molecule has 0 atom stereocenters. The summed E-state index contributed by atoms with van der Waals surface area (Å²) >= 11 is 1.82. The van der Waals surface area contributed by atoms with E-state index in [-0.39, 0.29) is 0 Å². The van der Waals surface area contributed by atoms with E-state index in [2.05, 4.69) is 109 Å². The number of hydrogen-bond donors (Lipinski definition) is 0. The number of rotatable bonds is 4. The van der Waals surface area contributed by atoms with Gasteiger partial charge in [0.2, 0.25) is 0 Å². The Labute approximate surface area is 280 Å². The molecule has 0 saturated heterocycles. The van der Waals surface area contributed by atoms with Crippen molar-refractivity contribution in [3.63, 3.8) is 0 Å². The molecule has 0 unspecified atom stereocenters. The lowest BCUT2D eigenvalue weighted by atomic mass is 9.87. The standard InChI is InChI=1S/C43H27N3OS/c1-2-11-26(12-3-1)41-44-42(27-21-24-39-35(25-27)31-15-7-9-20-38(31)48-39)46-43(45-41)33-23-22-30(28-13-4-5-14-29(28)33)32-17-10-19-37-40(32)34-16-6-8-18-36(34)47-37/h1-21,24-25H,22-23H2. The van der Waals surface area contributed by atoms with Gasteiger partial charge >= 0.3 is 0 Å². The molecule has 0 aliphatic heterocycles. The van der Waals surface area contributed by atoms with Crippen molar-refractivity contribution < 1.29 is 4.42 Å². The maximum absolute atomic E-state index is 6.27. The SMILES string of the molecule is c1ccc(-c2nc(C3=c4ccccc4=C(c4cccc5oc6ccccc6c45)CC3)nc(-c3ccc4sc5ccccc5c4c3)n2)cc1. The Morgan fingerprint density at radius 3 is 1.98 bits per heavy atom. The maximum atomic E-state index is 6.27. The highest BCUT2D eigenvalue weighted by molar-refractivity contribution is 7.25. The monoisotopic (exact) mass is 633 g/mol. The Morgan fingerprint density at radius 1 is 0.458 bits per heavy atom. The summed E-state index contributed by atoms with van der Waals surface area (Å²) in [7, 11) is 0. The van der Waals surface area contributed by atoms with Gasteiger partial charge < -0.3 is 4.42 Å². The van der Waals surface area contributed by atoms with Crippen molar-refractivity contribution in [2.45, 2.75) is 12.8 Å². The molecular weight excluding hydrogens is 607 g/mol. The topological polar surface area (TPSA) is 51.8 Å². The molecule has 48 heavy (non-hydrogen) atoms. The first-order valence-corrected chi connectivity index (χ1v) is 17.1. The molecule has 0 spiro atoms. The minimum absolute atomic E-state index is 0.681. The van der Waals surface area contributed by atoms with Crippen LogP contribution in [0.5, 0.6) is 0 Å². The summed E-state index contributed by atoms with van der Waals surface area (Å²) in [4.78, 5) is 15.4. The van der Waals surface area contributed by atoms with Crippen molar-refractivity contribution in [3.05, 3.63) is 161 Å². The highest BCUT2D eigenvalue weighted by Gasteiger charge is 2.21. The van der Waals surface area contributed by atoms with Crippen molar-refractivity contribution in [1.82, 2.24) is 15.0 Å². The van der Waals surface area contributed by atoms with Gasteiger partial charge in [0, 0.05) is 47.6 Å². The minimum atomic E-state index is 0.681. The van der Waals surface area contributed by atoms with E-state index in [1.54, 1.807) is 0 Å². The molecule has 1 aliphatic rings. The molecule has 3 aromatic heterocycles. The number of fused-ring (bicyclic) bond motifs is 7. The number of hydrogen-bond acceptors (Lipinski definition) is 5. The normalized spacial score (nSPS) is 13.2. The minimum Gasteiger partial charge on any atom is -0.456 e. The van der Waals surface area contributed by atoms with Gasteiger partial charge in [0.05, 0.1) is 0 Å². The van der Waals surface area contributed by atoms with Gasteiger partial charge in [0.15, 0.2) is 17.5 Å². The molecule has 1 aliphatic carbocycles. The molecule has 0 amide bonds. The van der Waals surface area contributed by atoms with Gasteiger partial charge in [-0.15, -0.1) is 11.3 Å². The maximum Gasteiger partial charge on any atom is 0.164 e. The van der Waals surface area contributed by atoms with Crippen molar-refractivity contribution in [2.24, 2.45) is 0 Å². The van der Waals surface area contributed by atoms with Crippen molar-refractivity contribution in [3.8, 4) is 22.8 Å². The van der Waals surface area contributed by atoms with Crippen LogP contribution in [0.1, 0.15) is 24.2 Å². The molecule has 6 aromatic carbocycles. The Balaban J connectivity index is 1.22. The van der Waals surface area contributed by atoms with Gasteiger partial charge in [-0.05, 0) is 70.8 Å². The van der Waals surface area contributed by atoms with Gasteiger partial charge in [-0.3, -0.25) is 0 Å². The quantitative estimate of drug-likeness (QED) is 0.194. The second-order valence-corrected chi connectivity index (χ2v) is 13.3. The predicted molar refractivity (Wildman–Crippen MR) is 197 cm³/mol. The van der Waals surface area contributed by atoms with Crippen LogP contribution in [0.4, 0.5) is 0 Å². The molecule has 10 rings (SSSR count). The molecule has 0 N–H and O–H groups in total. The lowest BCUT2D eigenvalue weighted by Gasteiger charge is -2.18. The summed E-state index contributed by atoms with van der Waals surface area (Å²) < 4.78 is 8.82. The van der Waals surface area contributed by atoms with Gasteiger partial charge in [-0.2, -0.15) is 0 Å². The van der Waals surface area contributed by atoms with Crippen LogP contribution in [0.2, 0.25) is 0 Å². The fourth-order valence-electron chi connectivity index (χ4n) is 7.29. The fourth-order valence-corrected chi connectivity index (χ4v) is 8.37. The lowest BCUT2D eigenvalue weighted by molar-refractivity contribution is 0.669. The van der Waals surface area contributed by atoms with Crippen molar-refractivity contribution >= 4 is 64.6 Å². The van der Waals surface area contributed by atoms with E-state index in [9.17, 15) is 0 Å². The summed E-state index contributed by atoms with van der Waals surface area (Å²) in [5, 5.41) is 7.19. The number of benzene rings is 6. The zero-order valence-corrected chi connectivity index (χ0v) is 26.7. The third kappa shape index (κ3) is 4.32. The first kappa shape index (κ1) is 27.2. The van der Waals surface area contributed by atoms with Gasteiger partial charge in [-0.1, -0.05) is 103 Å². The third-order valence-corrected chi connectivity index (χ3v) is 10.7. The van der Waals surface area contributed by atoms with Crippen LogP contribution < -0.4 is 10.4 Å². The second-order valence-electron chi connectivity index (χ2n) is 12.3. The van der Waals surface area contributed by atoms with Crippen LogP contribution in [0.15, 0.2) is 144 Å². The van der Waals surface area contributed by atoms with Crippen LogP contribution in [0, 0.1) is 0 Å². The average Bonchev–Trinajstić information content (AvgIpc) is 3.73. The van der Waals surface area contributed by atoms with E-state index < -0.39 is 0 Å². The lowest BCUT2D eigenvalue weighted by Crippen LogP contribution is -2.33. The highest BCUT2D eigenvalue weighted by atomic mass is 32.1. The molecular formula is C43H27N3OS. The zero-order valence-electron chi connectivity index (χ0n) is 25.9. The zero-order chi connectivity index (χ0) is 31.6. The Morgan fingerprint density at radius 2 is 1.10 bits per heavy atom. The fraction of sp³-hybridized carbons (Fsp3) is 0.0465. The summed E-state index contributed by atoms with van der Waals surface area (Å²) in [5.41, 5.74) is 7.47. The van der Waals surface area contributed by atoms with Gasteiger partial charge in [0.1, 0.15) is 11.2 Å². The summed E-state index contributed by atoms with van der Waals surface area (Å²) in [6, 6.07) is 48.8. The van der Waals surface area contributed by atoms with E-state index in [1.807, 2.05) is 41.7 Å². The molecule has 0 radical (unpaired) electrons. The smallest absolute Gasteiger partial charge is 0.164 e. The summed E-state index contributed by atoms with van der Waals surface area (Å²) in [5.74, 6) is 2.10. The van der Waals surface area contributed by atoms with Gasteiger partial charge in [0.25, 0.3) is 0 Å². The number of aromatic nitrogens is 3. The third-order valence-electron chi connectivity index (χ3n) is 9.50. The molecule has 0 saturated carbocycles. The van der Waals surface area contributed by atoms with Crippen LogP contribution in [0.3, 0.4) is 0 Å². The molecule has 9 aromatic rings. The van der Waals surface area contributed by atoms with E-state index >= 15 is 0 Å². The highest BCUT2D eigenvalue weighted by Crippen LogP contribution is 2.38. The molecule has 0 bridgehead atoms. The van der Waals surface area contributed by atoms with Crippen LogP contribution in [0.25, 0.3) is 76.0 Å². The predicted octanol–water partition coefficient (Wildman–Crippen LogP) is 9.66. The van der Waals surface area contributed by atoms with E-state index in [4.69, 9.17) is 19.4 Å². The van der Waals surface area contributed by atoms with Crippen molar-refractivity contribution in [1.29, 1.82) is 0 Å².